The molecule has 4 rings (SSSR count). The van der Waals surface area contributed by atoms with Gasteiger partial charge in [-0.3, -0.25) is 9.59 Å². The largest absolute Gasteiger partial charge is 0.376 e. The van der Waals surface area contributed by atoms with Crippen molar-refractivity contribution in [3.63, 3.8) is 0 Å². The number of aryl methyl sites for hydroxylation is 3. The van der Waals surface area contributed by atoms with Crippen LogP contribution in [0.25, 0.3) is 11.3 Å². The number of aromatic nitrogens is 1. The van der Waals surface area contributed by atoms with Gasteiger partial charge >= 0.3 is 0 Å². The molecule has 2 saturated heterocycles. The van der Waals surface area contributed by atoms with Gasteiger partial charge in [-0.1, -0.05) is 22.9 Å². The molecule has 0 bridgehead atoms. The zero-order valence-corrected chi connectivity index (χ0v) is 20.8. The average molecular weight is 469 g/mol. The summed E-state index contributed by atoms with van der Waals surface area (Å²) < 4.78 is 11.4. The average Bonchev–Trinajstić information content (AvgIpc) is 3.48. The second kappa shape index (κ2) is 10.7. The highest BCUT2D eigenvalue weighted by atomic mass is 16.5. The van der Waals surface area contributed by atoms with Crippen LogP contribution in [0.5, 0.6) is 0 Å². The molecule has 1 aromatic heterocycles. The molecule has 1 atom stereocenters. The maximum atomic E-state index is 13.4. The third-order valence-corrected chi connectivity index (χ3v) is 6.84. The Morgan fingerprint density at radius 1 is 1.09 bits per heavy atom. The van der Waals surface area contributed by atoms with Crippen molar-refractivity contribution in [3.8, 4) is 11.3 Å². The van der Waals surface area contributed by atoms with Crippen LogP contribution in [0.3, 0.4) is 0 Å². The summed E-state index contributed by atoms with van der Waals surface area (Å²) >= 11 is 0. The van der Waals surface area contributed by atoms with Gasteiger partial charge in [-0.2, -0.15) is 0 Å². The van der Waals surface area contributed by atoms with Crippen LogP contribution in [0.15, 0.2) is 22.7 Å². The van der Waals surface area contributed by atoms with Crippen LogP contribution in [-0.2, 0) is 9.53 Å². The zero-order valence-electron chi connectivity index (χ0n) is 20.8. The third kappa shape index (κ3) is 5.67. The third-order valence-electron chi connectivity index (χ3n) is 6.84. The van der Waals surface area contributed by atoms with Crippen molar-refractivity contribution in [1.29, 1.82) is 0 Å². The van der Waals surface area contributed by atoms with E-state index in [0.29, 0.717) is 31.9 Å². The molecule has 0 aliphatic carbocycles. The first-order valence-corrected chi connectivity index (χ1v) is 12.2. The molecule has 184 valence electrons. The highest BCUT2D eigenvalue weighted by Gasteiger charge is 2.28. The quantitative estimate of drug-likeness (QED) is 0.622. The van der Waals surface area contributed by atoms with Crippen molar-refractivity contribution in [1.82, 2.24) is 19.9 Å². The number of likely N-dealkylation sites (N-methyl/N-ethyl adjacent to an activating group) is 1. The molecular formula is C26H36N4O4. The van der Waals surface area contributed by atoms with Gasteiger partial charge in [0.2, 0.25) is 5.91 Å². The van der Waals surface area contributed by atoms with Crippen LogP contribution in [0, 0.1) is 20.8 Å². The van der Waals surface area contributed by atoms with Gasteiger partial charge in [0.05, 0.1) is 6.10 Å². The van der Waals surface area contributed by atoms with Gasteiger partial charge in [0.15, 0.2) is 11.5 Å². The van der Waals surface area contributed by atoms with Gasteiger partial charge in [-0.05, 0) is 51.8 Å². The van der Waals surface area contributed by atoms with E-state index in [-0.39, 0.29) is 23.6 Å². The highest BCUT2D eigenvalue weighted by molar-refractivity contribution is 5.93. The zero-order chi connectivity index (χ0) is 24.2. The van der Waals surface area contributed by atoms with E-state index < -0.39 is 0 Å². The van der Waals surface area contributed by atoms with E-state index in [9.17, 15) is 9.59 Å². The van der Waals surface area contributed by atoms with Gasteiger partial charge in [0.1, 0.15) is 0 Å². The van der Waals surface area contributed by atoms with Crippen LogP contribution in [0.1, 0.15) is 46.4 Å². The molecule has 2 fully saturated rings. The molecule has 8 heteroatoms. The lowest BCUT2D eigenvalue weighted by molar-refractivity contribution is -0.133. The molecule has 1 aromatic carbocycles. The number of amides is 2. The van der Waals surface area contributed by atoms with Crippen molar-refractivity contribution in [2.45, 2.75) is 46.1 Å². The molecule has 2 aliphatic heterocycles. The van der Waals surface area contributed by atoms with Gasteiger partial charge in [-0.15, -0.1) is 0 Å². The number of piperazine rings is 1. The van der Waals surface area contributed by atoms with E-state index in [1.165, 1.54) is 5.56 Å². The molecule has 0 spiro atoms. The summed E-state index contributed by atoms with van der Waals surface area (Å²) in [6.45, 7) is 10.9. The standard InChI is InChI=1S/C26H36N4O4/c1-18-14-19(2)25(20(3)15-18)23-16-22(27-34-23)26(32)30(17-21-6-5-13-33-21)8-7-24(31)29-11-9-28(4)10-12-29/h14-16,21H,5-13,17H2,1-4H3. The summed E-state index contributed by atoms with van der Waals surface area (Å²) in [5.74, 6) is 0.452. The molecule has 3 heterocycles. The molecule has 0 N–H and O–H groups in total. The first kappa shape index (κ1) is 24.4. The number of carbonyl (C=O) groups excluding carboxylic acids is 2. The van der Waals surface area contributed by atoms with Crippen LogP contribution in [0.2, 0.25) is 0 Å². The van der Waals surface area contributed by atoms with Crippen molar-refractivity contribution in [3.05, 3.63) is 40.6 Å². The molecule has 0 radical (unpaired) electrons. The van der Waals surface area contributed by atoms with Crippen LogP contribution >= 0.6 is 0 Å². The fourth-order valence-corrected chi connectivity index (χ4v) is 4.98. The first-order chi connectivity index (χ1) is 16.3. The molecule has 1 unspecified atom stereocenters. The number of benzene rings is 1. The predicted octanol–water partition coefficient (Wildman–Crippen LogP) is 3.05. The Hall–Kier alpha value is -2.71. The Balaban J connectivity index is 1.48. The van der Waals surface area contributed by atoms with Crippen molar-refractivity contribution in [2.24, 2.45) is 0 Å². The van der Waals surface area contributed by atoms with Crippen molar-refractivity contribution >= 4 is 11.8 Å². The Labute approximate surface area is 201 Å². The minimum Gasteiger partial charge on any atom is -0.376 e. The maximum absolute atomic E-state index is 13.4. The topological polar surface area (TPSA) is 79.1 Å². The fraction of sp³-hybridized carbons (Fsp3) is 0.577. The second-order valence-electron chi connectivity index (χ2n) is 9.67. The Kier molecular flexibility index (Phi) is 7.68. The summed E-state index contributed by atoms with van der Waals surface area (Å²) in [4.78, 5) is 32.1. The number of carbonyl (C=O) groups is 2. The van der Waals surface area contributed by atoms with Gasteiger partial charge in [0.25, 0.3) is 5.91 Å². The molecule has 0 saturated carbocycles. The number of rotatable bonds is 7. The fourth-order valence-electron chi connectivity index (χ4n) is 4.98. The second-order valence-corrected chi connectivity index (χ2v) is 9.67. The molecule has 2 aliphatic rings. The lowest BCUT2D eigenvalue weighted by Crippen LogP contribution is -2.48. The smallest absolute Gasteiger partial charge is 0.276 e. The SMILES string of the molecule is Cc1cc(C)c(-c2cc(C(=O)N(CCC(=O)N3CCN(C)CC3)CC3CCCO3)no2)c(C)c1. The maximum Gasteiger partial charge on any atom is 0.276 e. The van der Waals surface area contributed by atoms with Crippen LogP contribution in [-0.4, -0.2) is 90.7 Å². The number of hydrogen-bond donors (Lipinski definition) is 0. The highest BCUT2D eigenvalue weighted by Crippen LogP contribution is 2.29. The normalized spacial score (nSPS) is 18.9. The molecule has 8 nitrogen and oxygen atoms in total. The van der Waals surface area contributed by atoms with Crippen LogP contribution in [0.4, 0.5) is 0 Å². The molecule has 34 heavy (non-hydrogen) atoms. The number of ether oxygens (including phenoxy) is 1. The summed E-state index contributed by atoms with van der Waals surface area (Å²) in [6, 6.07) is 5.91. The minimum absolute atomic E-state index is 0.00403. The van der Waals surface area contributed by atoms with Crippen molar-refractivity contribution in [2.75, 3.05) is 52.9 Å². The van der Waals surface area contributed by atoms with E-state index in [2.05, 4.69) is 36.2 Å². The Bertz CT molecular complexity index is 997. The monoisotopic (exact) mass is 468 g/mol. The lowest BCUT2D eigenvalue weighted by Gasteiger charge is -2.33. The molecule has 2 amide bonds. The summed E-state index contributed by atoms with van der Waals surface area (Å²) in [5, 5.41) is 4.11. The molecular weight excluding hydrogens is 432 g/mol. The van der Waals surface area contributed by atoms with Gasteiger partial charge in [0, 0.05) is 63.9 Å². The van der Waals surface area contributed by atoms with Crippen LogP contribution < -0.4 is 0 Å². The van der Waals surface area contributed by atoms with E-state index in [4.69, 9.17) is 9.26 Å². The van der Waals surface area contributed by atoms with Gasteiger partial charge < -0.3 is 24.0 Å². The first-order valence-electron chi connectivity index (χ1n) is 12.2. The Morgan fingerprint density at radius 3 is 2.44 bits per heavy atom. The predicted molar refractivity (Wildman–Crippen MR) is 130 cm³/mol. The summed E-state index contributed by atoms with van der Waals surface area (Å²) in [5.41, 5.74) is 4.58. The lowest BCUT2D eigenvalue weighted by atomic mass is 9.98. The van der Waals surface area contributed by atoms with E-state index >= 15 is 0 Å². The van der Waals surface area contributed by atoms with Gasteiger partial charge in [-0.25, -0.2) is 0 Å². The summed E-state index contributed by atoms with van der Waals surface area (Å²) in [7, 11) is 2.07. The number of nitrogens with zero attached hydrogens (tertiary/aromatic N) is 4. The minimum atomic E-state index is -0.223. The van der Waals surface area contributed by atoms with Crippen molar-refractivity contribution < 1.29 is 18.8 Å². The summed E-state index contributed by atoms with van der Waals surface area (Å²) in [6.07, 6.45) is 2.20. The molecule has 2 aromatic rings. The Morgan fingerprint density at radius 2 is 1.79 bits per heavy atom. The van der Waals surface area contributed by atoms with E-state index in [1.807, 2.05) is 18.7 Å². The number of hydrogen-bond acceptors (Lipinski definition) is 6. The van der Waals surface area contributed by atoms with E-state index in [1.54, 1.807) is 11.0 Å². The van der Waals surface area contributed by atoms with E-state index in [0.717, 1.165) is 55.7 Å².